The van der Waals surface area contributed by atoms with E-state index in [-0.39, 0.29) is 29.5 Å². The number of oxazole rings is 1. The lowest BCUT2D eigenvalue weighted by atomic mass is 10.1. The van der Waals surface area contributed by atoms with E-state index < -0.39 is 16.9 Å². The number of aliphatic carboxylic acids is 1. The maximum atomic E-state index is 12.0. The molecule has 13 nitrogen and oxygen atoms in total. The van der Waals surface area contributed by atoms with Gasteiger partial charge < -0.3 is 24.9 Å². The number of nitrogens with one attached hydrogen (secondary N) is 3. The van der Waals surface area contributed by atoms with E-state index in [1.165, 1.54) is 18.2 Å². The molecule has 1 aliphatic rings. The molecular weight excluding hydrogens is 484 g/mol. The summed E-state index contributed by atoms with van der Waals surface area (Å²) < 4.78 is 11.2. The number of nitro groups is 1. The van der Waals surface area contributed by atoms with Crippen molar-refractivity contribution in [2.45, 2.75) is 31.7 Å². The van der Waals surface area contributed by atoms with Crippen LogP contribution in [0.3, 0.4) is 0 Å². The number of hydrogen-bond donors (Lipinski definition) is 4. The maximum absolute atomic E-state index is 12.0. The van der Waals surface area contributed by atoms with Gasteiger partial charge in [-0.15, -0.1) is 0 Å². The summed E-state index contributed by atoms with van der Waals surface area (Å²) in [6.45, 7) is 1.85. The monoisotopic (exact) mass is 510 g/mol. The summed E-state index contributed by atoms with van der Waals surface area (Å²) in [6, 6.07) is 9.83. The predicted octanol–water partition coefficient (Wildman–Crippen LogP) is 2.47. The number of carbonyl (C=O) groups excluding carboxylic acids is 1. The van der Waals surface area contributed by atoms with E-state index in [1.54, 1.807) is 24.3 Å². The molecular formula is C24H26N6O7. The highest BCUT2D eigenvalue weighted by Gasteiger charge is 2.21. The Bertz CT molecular complexity index is 1300. The summed E-state index contributed by atoms with van der Waals surface area (Å²) in [5, 5.41) is 29.1. The molecule has 0 saturated carbocycles. The average Bonchev–Trinajstić information content (AvgIpc) is 3.29. The summed E-state index contributed by atoms with van der Waals surface area (Å²) in [6.07, 6.45) is 1.91. The first-order valence-electron chi connectivity index (χ1n) is 11.7. The Morgan fingerprint density at radius 1 is 1.24 bits per heavy atom. The van der Waals surface area contributed by atoms with Gasteiger partial charge >= 0.3 is 5.97 Å². The zero-order valence-corrected chi connectivity index (χ0v) is 19.8. The standard InChI is InChI=1S/C24H26N6O7/c31-21(29-23-25-10-2-11-26-23)3-1-12-36-17-7-4-15(5-8-17)13-19(22(32)33)28-24-27-18-14-16(30(34)35)6-9-20(18)37-24/h4-9,14,19H,1-3,10-13H2,(H,27,28)(H,32,33)(H2,25,26,29,31)/t19-/m0/s1. The van der Waals surface area contributed by atoms with Crippen molar-refractivity contribution < 1.29 is 28.8 Å². The van der Waals surface area contributed by atoms with Crippen molar-refractivity contribution in [3.63, 3.8) is 0 Å². The quantitative estimate of drug-likeness (QED) is 0.170. The van der Waals surface area contributed by atoms with Crippen LogP contribution in [0, 0.1) is 10.1 Å². The second-order valence-electron chi connectivity index (χ2n) is 8.32. The molecule has 0 aliphatic carbocycles. The van der Waals surface area contributed by atoms with Gasteiger partial charge in [0.05, 0.1) is 11.5 Å². The van der Waals surface area contributed by atoms with Crippen molar-refractivity contribution in [1.29, 1.82) is 0 Å². The molecule has 2 heterocycles. The molecule has 1 atom stereocenters. The Balaban J connectivity index is 1.26. The Labute approximate surface area is 211 Å². The number of carboxylic acids is 1. The molecule has 1 aliphatic heterocycles. The van der Waals surface area contributed by atoms with E-state index in [9.17, 15) is 24.8 Å². The van der Waals surface area contributed by atoms with Crippen LogP contribution in [0.15, 0.2) is 51.9 Å². The number of amides is 1. The van der Waals surface area contributed by atoms with Crippen molar-refractivity contribution in [3.8, 4) is 5.75 Å². The minimum absolute atomic E-state index is 0.0433. The molecule has 3 aromatic rings. The highest BCUT2D eigenvalue weighted by Crippen LogP contribution is 2.24. The molecule has 194 valence electrons. The molecule has 0 saturated heterocycles. The summed E-state index contributed by atoms with van der Waals surface area (Å²) in [5.74, 6) is -0.123. The molecule has 0 spiro atoms. The first-order valence-corrected chi connectivity index (χ1v) is 11.7. The lowest BCUT2D eigenvalue weighted by Gasteiger charge is -2.15. The highest BCUT2D eigenvalue weighted by molar-refractivity contribution is 5.97. The van der Waals surface area contributed by atoms with Crippen LogP contribution in [0.5, 0.6) is 5.75 Å². The van der Waals surface area contributed by atoms with Gasteiger partial charge in [-0.3, -0.25) is 25.2 Å². The van der Waals surface area contributed by atoms with Gasteiger partial charge in [0.25, 0.3) is 11.7 Å². The van der Waals surface area contributed by atoms with E-state index in [4.69, 9.17) is 9.15 Å². The molecule has 4 rings (SSSR count). The third-order valence-corrected chi connectivity index (χ3v) is 5.51. The number of aromatic nitrogens is 1. The van der Waals surface area contributed by atoms with Gasteiger partial charge in [0.2, 0.25) is 5.91 Å². The van der Waals surface area contributed by atoms with Crippen LogP contribution in [0.4, 0.5) is 11.7 Å². The van der Waals surface area contributed by atoms with Crippen LogP contribution in [0.1, 0.15) is 24.8 Å². The van der Waals surface area contributed by atoms with Gasteiger partial charge in [-0.2, -0.15) is 4.98 Å². The zero-order valence-electron chi connectivity index (χ0n) is 19.8. The smallest absolute Gasteiger partial charge is 0.326 e. The fraction of sp³-hybridized carbons (Fsp3) is 0.333. The van der Waals surface area contributed by atoms with Crippen LogP contribution >= 0.6 is 0 Å². The summed E-state index contributed by atoms with van der Waals surface area (Å²) in [5.41, 5.74) is 1.15. The highest BCUT2D eigenvalue weighted by atomic mass is 16.6. The largest absolute Gasteiger partial charge is 0.494 e. The number of carboxylic acid groups (broad SMARTS) is 1. The Hall–Kier alpha value is -4.68. The van der Waals surface area contributed by atoms with E-state index >= 15 is 0 Å². The topological polar surface area (TPSA) is 181 Å². The summed E-state index contributed by atoms with van der Waals surface area (Å²) in [7, 11) is 0. The number of carbonyl (C=O) groups is 2. The van der Waals surface area contributed by atoms with E-state index in [2.05, 4.69) is 25.9 Å². The van der Waals surface area contributed by atoms with Gasteiger partial charge in [0.15, 0.2) is 11.5 Å². The number of aliphatic imine (C=N–C) groups is 1. The average molecular weight is 511 g/mol. The van der Waals surface area contributed by atoms with Crippen LogP contribution < -0.4 is 20.7 Å². The normalized spacial score (nSPS) is 13.8. The number of anilines is 1. The van der Waals surface area contributed by atoms with E-state index in [1.807, 2.05) is 0 Å². The number of non-ortho nitro benzene ring substituents is 1. The number of rotatable bonds is 11. The van der Waals surface area contributed by atoms with Crippen molar-refractivity contribution in [2.24, 2.45) is 4.99 Å². The second-order valence-corrected chi connectivity index (χ2v) is 8.32. The third-order valence-electron chi connectivity index (χ3n) is 5.51. The number of ether oxygens (including phenoxy) is 1. The molecule has 2 aromatic carbocycles. The zero-order chi connectivity index (χ0) is 26.2. The Kier molecular flexibility index (Phi) is 8.13. The fourth-order valence-corrected chi connectivity index (χ4v) is 3.63. The second kappa shape index (κ2) is 11.8. The molecule has 1 amide bonds. The first-order chi connectivity index (χ1) is 17.9. The first kappa shape index (κ1) is 25.4. The minimum atomic E-state index is -1.11. The molecule has 0 fully saturated rings. The lowest BCUT2D eigenvalue weighted by Crippen LogP contribution is -2.43. The van der Waals surface area contributed by atoms with Gasteiger partial charge in [-0.25, -0.2) is 4.79 Å². The fourth-order valence-electron chi connectivity index (χ4n) is 3.63. The Morgan fingerprint density at radius 3 is 2.76 bits per heavy atom. The number of guanidine groups is 1. The van der Waals surface area contributed by atoms with Gasteiger partial charge in [-0.1, -0.05) is 12.1 Å². The molecule has 0 radical (unpaired) electrons. The maximum Gasteiger partial charge on any atom is 0.326 e. The molecule has 13 heteroatoms. The van der Waals surface area contributed by atoms with Crippen molar-refractivity contribution >= 4 is 40.6 Å². The molecule has 0 bridgehead atoms. The SMILES string of the molecule is O=C(CCCOc1ccc(C[C@H](Nc2nc3cc([N+](=O)[O-])ccc3o2)C(=O)O)cc1)NC1=NCCCN1. The van der Waals surface area contributed by atoms with Gasteiger partial charge in [0.1, 0.15) is 17.3 Å². The predicted molar refractivity (Wildman–Crippen MR) is 134 cm³/mol. The summed E-state index contributed by atoms with van der Waals surface area (Å²) in [4.78, 5) is 42.5. The number of nitrogens with zero attached hydrogens (tertiary/aromatic N) is 3. The number of benzene rings is 2. The van der Waals surface area contributed by atoms with Crippen LogP contribution in [-0.2, 0) is 16.0 Å². The third kappa shape index (κ3) is 7.16. The van der Waals surface area contributed by atoms with Gasteiger partial charge in [-0.05, 0) is 36.6 Å². The van der Waals surface area contributed by atoms with E-state index in [0.717, 1.165) is 18.5 Å². The van der Waals surface area contributed by atoms with Crippen molar-refractivity contribution in [3.05, 3.63) is 58.1 Å². The van der Waals surface area contributed by atoms with Crippen LogP contribution in [-0.4, -0.2) is 58.6 Å². The minimum Gasteiger partial charge on any atom is -0.494 e. The van der Waals surface area contributed by atoms with Crippen molar-refractivity contribution in [1.82, 2.24) is 15.6 Å². The van der Waals surface area contributed by atoms with Gasteiger partial charge in [0, 0.05) is 38.1 Å². The molecule has 4 N–H and O–H groups in total. The molecule has 0 unspecified atom stereocenters. The Morgan fingerprint density at radius 2 is 2.05 bits per heavy atom. The van der Waals surface area contributed by atoms with Crippen LogP contribution in [0.25, 0.3) is 11.1 Å². The molecule has 37 heavy (non-hydrogen) atoms. The molecule has 1 aromatic heterocycles. The number of hydrogen-bond acceptors (Lipinski definition) is 10. The number of nitro benzene ring substituents is 1. The van der Waals surface area contributed by atoms with Crippen LogP contribution in [0.2, 0.25) is 0 Å². The summed E-state index contributed by atoms with van der Waals surface area (Å²) >= 11 is 0. The lowest BCUT2D eigenvalue weighted by molar-refractivity contribution is -0.384. The number of fused-ring (bicyclic) bond motifs is 1. The van der Waals surface area contributed by atoms with Crippen molar-refractivity contribution in [2.75, 3.05) is 25.0 Å². The van der Waals surface area contributed by atoms with E-state index in [0.29, 0.717) is 43.3 Å².